The van der Waals surface area contributed by atoms with Gasteiger partial charge < -0.3 is 25.2 Å². The molecular formula is C20H28N6O3. The molecule has 0 bridgehead atoms. The van der Waals surface area contributed by atoms with Crippen LogP contribution in [-0.4, -0.2) is 82.2 Å². The minimum Gasteiger partial charge on any atom is -0.384 e. The van der Waals surface area contributed by atoms with E-state index in [0.29, 0.717) is 23.8 Å². The molecule has 0 aliphatic carbocycles. The van der Waals surface area contributed by atoms with E-state index in [4.69, 9.17) is 9.72 Å². The van der Waals surface area contributed by atoms with Gasteiger partial charge in [-0.25, -0.2) is 9.97 Å². The van der Waals surface area contributed by atoms with Crippen LogP contribution in [0.3, 0.4) is 0 Å². The maximum atomic E-state index is 10.2. The molecular weight excluding hydrogens is 372 g/mol. The molecule has 2 aromatic heterocycles. The summed E-state index contributed by atoms with van der Waals surface area (Å²) in [5.41, 5.74) is 1.14. The number of pyridine rings is 1. The van der Waals surface area contributed by atoms with Crippen LogP contribution in [0.15, 0.2) is 24.5 Å². The first kappa shape index (κ1) is 20.0. The molecule has 4 heterocycles. The monoisotopic (exact) mass is 400 g/mol. The number of β-amino-alcohol motifs (C(OH)–C–C–N with tert-alkyl or cyclic N) is 1. The highest BCUT2D eigenvalue weighted by atomic mass is 16.5. The molecule has 0 radical (unpaired) electrons. The number of morpholine rings is 1. The van der Waals surface area contributed by atoms with E-state index in [0.717, 1.165) is 50.8 Å². The molecule has 3 N–H and O–H groups in total. The third kappa shape index (κ3) is 4.64. The van der Waals surface area contributed by atoms with Crippen molar-refractivity contribution in [3.63, 3.8) is 0 Å². The number of nitrogens with one attached hydrogen (secondary N) is 1. The summed E-state index contributed by atoms with van der Waals surface area (Å²) in [6.45, 7) is 8.86. The Morgan fingerprint density at radius 1 is 1.17 bits per heavy atom. The second-order valence-electron chi connectivity index (χ2n) is 7.98. The summed E-state index contributed by atoms with van der Waals surface area (Å²) < 4.78 is 5.41. The van der Waals surface area contributed by atoms with Crippen LogP contribution in [0.5, 0.6) is 0 Å². The molecule has 2 aliphatic heterocycles. The van der Waals surface area contributed by atoms with Gasteiger partial charge in [0.25, 0.3) is 0 Å². The molecule has 0 saturated carbocycles. The van der Waals surface area contributed by atoms with Crippen molar-refractivity contribution in [3.8, 4) is 11.3 Å². The van der Waals surface area contributed by atoms with Gasteiger partial charge in [-0.1, -0.05) is 0 Å². The van der Waals surface area contributed by atoms with Crippen LogP contribution < -0.4 is 10.2 Å². The van der Waals surface area contributed by atoms with Gasteiger partial charge in [-0.3, -0.25) is 9.88 Å². The first-order valence-corrected chi connectivity index (χ1v) is 9.96. The molecule has 0 spiro atoms. The largest absolute Gasteiger partial charge is 0.384 e. The highest BCUT2D eigenvalue weighted by molar-refractivity contribution is 5.69. The Kier molecular flexibility index (Phi) is 5.64. The zero-order chi connectivity index (χ0) is 20.4. The molecule has 1 atom stereocenters. The Bertz CT molecular complexity index is 833. The first-order valence-electron chi connectivity index (χ1n) is 9.96. The molecule has 1 unspecified atom stereocenters. The fourth-order valence-electron chi connectivity index (χ4n) is 3.53. The molecule has 0 aromatic carbocycles. The first-order chi connectivity index (χ1) is 13.9. The van der Waals surface area contributed by atoms with Crippen LogP contribution in [0.1, 0.15) is 19.5 Å². The predicted molar refractivity (Wildman–Crippen MR) is 110 cm³/mol. The number of aliphatic hydroxyl groups is 2. The molecule has 1 saturated heterocycles. The SMILES string of the molecule is CC(C)(O)c1ccc(-c2cnc3c(n2)N(CCN2CCOCC2)CC(O)N3)cn1. The van der Waals surface area contributed by atoms with E-state index in [-0.39, 0.29) is 0 Å². The average Bonchev–Trinajstić information content (AvgIpc) is 2.72. The van der Waals surface area contributed by atoms with E-state index < -0.39 is 11.8 Å². The number of anilines is 2. The third-order valence-corrected chi connectivity index (χ3v) is 5.23. The number of ether oxygens (including phenoxy) is 1. The number of aliphatic hydroxyl groups excluding tert-OH is 1. The quantitative estimate of drug-likeness (QED) is 0.667. The Morgan fingerprint density at radius 2 is 1.97 bits per heavy atom. The molecule has 4 rings (SSSR count). The van der Waals surface area contributed by atoms with Crippen molar-refractivity contribution < 1.29 is 14.9 Å². The van der Waals surface area contributed by atoms with Crippen LogP contribution in [0.4, 0.5) is 11.6 Å². The average molecular weight is 400 g/mol. The Balaban J connectivity index is 1.55. The summed E-state index contributed by atoms with van der Waals surface area (Å²) in [5.74, 6) is 1.31. The highest BCUT2D eigenvalue weighted by Crippen LogP contribution is 2.29. The topological polar surface area (TPSA) is 107 Å². The molecule has 0 amide bonds. The van der Waals surface area contributed by atoms with Crippen molar-refractivity contribution in [1.82, 2.24) is 19.9 Å². The molecule has 2 aromatic rings. The lowest BCUT2D eigenvalue weighted by Crippen LogP contribution is -2.47. The number of aromatic nitrogens is 3. The third-order valence-electron chi connectivity index (χ3n) is 5.23. The highest BCUT2D eigenvalue weighted by Gasteiger charge is 2.26. The van der Waals surface area contributed by atoms with Crippen LogP contribution >= 0.6 is 0 Å². The second kappa shape index (κ2) is 8.19. The van der Waals surface area contributed by atoms with Gasteiger partial charge in [-0.05, 0) is 26.0 Å². The van der Waals surface area contributed by atoms with Crippen molar-refractivity contribution in [3.05, 3.63) is 30.2 Å². The number of fused-ring (bicyclic) bond motifs is 1. The van der Waals surface area contributed by atoms with Crippen LogP contribution in [0.25, 0.3) is 11.3 Å². The number of nitrogens with zero attached hydrogens (tertiary/aromatic N) is 5. The Morgan fingerprint density at radius 3 is 2.66 bits per heavy atom. The Hall–Kier alpha value is -2.33. The number of rotatable bonds is 5. The summed E-state index contributed by atoms with van der Waals surface area (Å²) in [4.78, 5) is 18.1. The normalized spacial score (nSPS) is 20.3. The maximum absolute atomic E-state index is 10.2. The van der Waals surface area contributed by atoms with E-state index in [1.165, 1.54) is 0 Å². The molecule has 29 heavy (non-hydrogen) atoms. The minimum absolute atomic E-state index is 0.450. The minimum atomic E-state index is -0.990. The van der Waals surface area contributed by atoms with Crippen molar-refractivity contribution in [2.75, 3.05) is 56.2 Å². The van der Waals surface area contributed by atoms with Crippen LogP contribution in [0.2, 0.25) is 0 Å². The fraction of sp³-hybridized carbons (Fsp3) is 0.550. The summed E-state index contributed by atoms with van der Waals surface area (Å²) in [7, 11) is 0. The van der Waals surface area contributed by atoms with Gasteiger partial charge in [0.2, 0.25) is 0 Å². The van der Waals surface area contributed by atoms with E-state index in [2.05, 4.69) is 25.1 Å². The predicted octanol–water partition coefficient (Wildman–Crippen LogP) is 0.648. The van der Waals surface area contributed by atoms with Crippen molar-refractivity contribution in [2.24, 2.45) is 0 Å². The lowest BCUT2D eigenvalue weighted by molar-refractivity contribution is 0.0389. The summed E-state index contributed by atoms with van der Waals surface area (Å²) in [5, 5.41) is 23.3. The van der Waals surface area contributed by atoms with E-state index in [9.17, 15) is 10.2 Å². The fourth-order valence-corrected chi connectivity index (χ4v) is 3.53. The van der Waals surface area contributed by atoms with Gasteiger partial charge in [-0.2, -0.15) is 0 Å². The van der Waals surface area contributed by atoms with E-state index in [1.54, 1.807) is 32.3 Å². The lowest BCUT2D eigenvalue weighted by Gasteiger charge is -2.35. The van der Waals surface area contributed by atoms with E-state index in [1.807, 2.05) is 6.07 Å². The smallest absolute Gasteiger partial charge is 0.172 e. The van der Waals surface area contributed by atoms with Crippen molar-refractivity contribution in [1.29, 1.82) is 0 Å². The summed E-state index contributed by atoms with van der Waals surface area (Å²) in [6.07, 6.45) is 2.69. The standard InChI is InChI=1S/C20H28N6O3/c1-20(2,28)16-4-3-14(11-21-16)15-12-22-18-19(23-15)26(13-17(27)24-18)6-5-25-7-9-29-10-8-25/h3-4,11-12,17,27-28H,5-10,13H2,1-2H3,(H,22,24). The van der Waals surface area contributed by atoms with Gasteiger partial charge in [0.15, 0.2) is 11.6 Å². The molecule has 156 valence electrons. The van der Waals surface area contributed by atoms with Crippen LogP contribution in [0, 0.1) is 0 Å². The van der Waals surface area contributed by atoms with Crippen LogP contribution in [-0.2, 0) is 10.3 Å². The van der Waals surface area contributed by atoms with Gasteiger partial charge in [0.05, 0.1) is 37.3 Å². The molecule has 9 heteroatoms. The van der Waals surface area contributed by atoms with Gasteiger partial charge in [0.1, 0.15) is 11.8 Å². The molecule has 9 nitrogen and oxygen atoms in total. The Labute approximate surface area is 170 Å². The summed E-state index contributed by atoms with van der Waals surface area (Å²) >= 11 is 0. The number of hydrogen-bond acceptors (Lipinski definition) is 9. The second-order valence-corrected chi connectivity index (χ2v) is 7.98. The van der Waals surface area contributed by atoms with Gasteiger partial charge in [0, 0.05) is 37.9 Å². The summed E-state index contributed by atoms with van der Waals surface area (Å²) in [6, 6.07) is 3.69. The zero-order valence-corrected chi connectivity index (χ0v) is 16.9. The van der Waals surface area contributed by atoms with Gasteiger partial charge in [-0.15, -0.1) is 0 Å². The number of hydrogen-bond donors (Lipinski definition) is 3. The van der Waals surface area contributed by atoms with Crippen molar-refractivity contribution >= 4 is 11.6 Å². The molecule has 2 aliphatic rings. The zero-order valence-electron chi connectivity index (χ0n) is 16.9. The van der Waals surface area contributed by atoms with Gasteiger partial charge >= 0.3 is 0 Å². The van der Waals surface area contributed by atoms with E-state index >= 15 is 0 Å². The van der Waals surface area contributed by atoms with Crippen molar-refractivity contribution in [2.45, 2.75) is 25.7 Å². The lowest BCUT2D eigenvalue weighted by atomic mass is 10.0. The molecule has 1 fully saturated rings. The maximum Gasteiger partial charge on any atom is 0.172 e.